The summed E-state index contributed by atoms with van der Waals surface area (Å²) < 4.78 is 5.24. The van der Waals surface area contributed by atoms with Gasteiger partial charge in [-0.2, -0.15) is 0 Å². The summed E-state index contributed by atoms with van der Waals surface area (Å²) in [7, 11) is 0. The van der Waals surface area contributed by atoms with Crippen LogP contribution in [0.25, 0.3) is 0 Å². The van der Waals surface area contributed by atoms with E-state index in [-0.39, 0.29) is 18.2 Å². The van der Waals surface area contributed by atoms with E-state index in [4.69, 9.17) is 4.74 Å². The van der Waals surface area contributed by atoms with Crippen molar-refractivity contribution in [2.75, 3.05) is 0 Å². The molecule has 0 aliphatic heterocycles. The topological polar surface area (TPSA) is 38.3 Å². The van der Waals surface area contributed by atoms with Gasteiger partial charge in [-0.1, -0.05) is 6.58 Å². The molecule has 1 unspecified atom stereocenters. The Kier molecular flexibility index (Phi) is 4.54. The fourth-order valence-electron chi connectivity index (χ4n) is 0.702. The van der Waals surface area contributed by atoms with E-state index >= 15 is 0 Å². The lowest BCUT2D eigenvalue weighted by Crippen LogP contribution is -2.34. The van der Waals surface area contributed by atoms with Crippen molar-refractivity contribution in [3.63, 3.8) is 0 Å². The Hall–Kier alpha value is -0.830. The highest BCUT2D eigenvalue weighted by Gasteiger charge is 2.04. The van der Waals surface area contributed by atoms with Gasteiger partial charge in [0, 0.05) is 0 Å². The van der Waals surface area contributed by atoms with Crippen molar-refractivity contribution in [3.8, 4) is 0 Å². The van der Waals surface area contributed by atoms with Crippen molar-refractivity contribution >= 4 is 5.91 Å². The van der Waals surface area contributed by atoms with E-state index in [2.05, 4.69) is 11.9 Å². The summed E-state index contributed by atoms with van der Waals surface area (Å²) in [5, 5.41) is 2.58. The van der Waals surface area contributed by atoms with Crippen LogP contribution in [-0.2, 0) is 9.53 Å². The zero-order chi connectivity index (χ0) is 8.85. The molecule has 0 bridgehead atoms. The molecule has 0 aromatic heterocycles. The smallest absolute Gasteiger partial charge is 0.245 e. The predicted molar refractivity (Wildman–Crippen MR) is 44.0 cm³/mol. The van der Waals surface area contributed by atoms with Crippen molar-refractivity contribution in [1.82, 2.24) is 5.32 Å². The van der Waals surface area contributed by atoms with Crippen LogP contribution in [0.5, 0.6) is 0 Å². The normalized spacial score (nSPS) is 12.7. The molecule has 0 heterocycles. The summed E-state index contributed by atoms with van der Waals surface area (Å²) in [6, 6.07) is 0. The maximum Gasteiger partial charge on any atom is 0.245 e. The monoisotopic (exact) mass is 157 g/mol. The molecule has 11 heavy (non-hydrogen) atoms. The Morgan fingerprint density at radius 1 is 1.55 bits per heavy atom. The molecule has 0 aromatic carbocycles. The summed E-state index contributed by atoms with van der Waals surface area (Å²) in [6.45, 7) is 8.93. The van der Waals surface area contributed by atoms with Gasteiger partial charge in [-0.15, -0.1) is 0 Å². The van der Waals surface area contributed by atoms with Gasteiger partial charge in [0.05, 0.1) is 6.10 Å². The first kappa shape index (κ1) is 10.2. The largest absolute Gasteiger partial charge is 0.356 e. The lowest BCUT2D eigenvalue weighted by atomic mass is 10.4. The minimum absolute atomic E-state index is 0.120. The van der Waals surface area contributed by atoms with E-state index in [0.717, 1.165) is 0 Å². The van der Waals surface area contributed by atoms with Crippen molar-refractivity contribution in [2.24, 2.45) is 0 Å². The Labute approximate surface area is 67.4 Å². The second-order valence-electron chi connectivity index (χ2n) is 2.54. The molecule has 0 aliphatic rings. The number of hydrogen-bond acceptors (Lipinski definition) is 2. The van der Waals surface area contributed by atoms with Crippen LogP contribution >= 0.6 is 0 Å². The Morgan fingerprint density at radius 2 is 2.09 bits per heavy atom. The molecule has 0 rings (SSSR count). The zero-order valence-electron chi connectivity index (χ0n) is 7.26. The quantitative estimate of drug-likeness (QED) is 0.489. The standard InChI is InChI=1S/C8H15NO2/c1-5-8(10)9-7(4)11-6(2)3/h5-7H,1H2,2-4H3,(H,9,10). The second-order valence-corrected chi connectivity index (χ2v) is 2.54. The van der Waals surface area contributed by atoms with Gasteiger partial charge in [-0.3, -0.25) is 4.79 Å². The van der Waals surface area contributed by atoms with E-state index in [0.29, 0.717) is 0 Å². The van der Waals surface area contributed by atoms with Crippen LogP contribution < -0.4 is 5.32 Å². The van der Waals surface area contributed by atoms with Gasteiger partial charge in [0.1, 0.15) is 6.23 Å². The molecule has 1 atom stereocenters. The third-order valence-electron chi connectivity index (χ3n) is 1.01. The first-order chi connectivity index (χ1) is 5.06. The van der Waals surface area contributed by atoms with Crippen molar-refractivity contribution < 1.29 is 9.53 Å². The van der Waals surface area contributed by atoms with Gasteiger partial charge < -0.3 is 10.1 Å². The van der Waals surface area contributed by atoms with Crippen LogP contribution in [0.4, 0.5) is 0 Å². The number of carbonyl (C=O) groups is 1. The van der Waals surface area contributed by atoms with Crippen LogP contribution in [0, 0.1) is 0 Å². The Morgan fingerprint density at radius 3 is 2.45 bits per heavy atom. The first-order valence-corrected chi connectivity index (χ1v) is 3.64. The fraction of sp³-hybridized carbons (Fsp3) is 0.625. The van der Waals surface area contributed by atoms with E-state index in [1.165, 1.54) is 6.08 Å². The second kappa shape index (κ2) is 4.91. The lowest BCUT2D eigenvalue weighted by Gasteiger charge is -2.16. The van der Waals surface area contributed by atoms with Crippen LogP contribution in [-0.4, -0.2) is 18.2 Å². The van der Waals surface area contributed by atoms with Crippen molar-refractivity contribution in [1.29, 1.82) is 0 Å². The van der Waals surface area contributed by atoms with E-state index in [1.807, 2.05) is 13.8 Å². The van der Waals surface area contributed by atoms with Crippen LogP contribution in [0.2, 0.25) is 0 Å². The third kappa shape index (κ3) is 5.61. The SMILES string of the molecule is C=CC(=O)NC(C)OC(C)C. The molecule has 0 aromatic rings. The molecule has 1 amide bonds. The molecule has 0 radical (unpaired) electrons. The molecule has 3 nitrogen and oxygen atoms in total. The van der Waals surface area contributed by atoms with Gasteiger partial charge in [-0.25, -0.2) is 0 Å². The number of hydrogen-bond donors (Lipinski definition) is 1. The maximum atomic E-state index is 10.7. The van der Waals surface area contributed by atoms with Crippen LogP contribution in [0.15, 0.2) is 12.7 Å². The highest BCUT2D eigenvalue weighted by Crippen LogP contribution is 1.92. The first-order valence-electron chi connectivity index (χ1n) is 3.64. The number of nitrogens with one attached hydrogen (secondary N) is 1. The molecule has 3 heteroatoms. The summed E-state index contributed by atoms with van der Waals surface area (Å²) in [6.07, 6.45) is 1.09. The lowest BCUT2D eigenvalue weighted by molar-refractivity contribution is -0.121. The zero-order valence-corrected chi connectivity index (χ0v) is 7.26. The third-order valence-corrected chi connectivity index (χ3v) is 1.01. The average molecular weight is 157 g/mol. The molecule has 0 saturated carbocycles. The summed E-state index contributed by atoms with van der Waals surface area (Å²) in [4.78, 5) is 10.7. The fourth-order valence-corrected chi connectivity index (χ4v) is 0.702. The summed E-state index contributed by atoms with van der Waals surface area (Å²) in [5.41, 5.74) is 0. The van der Waals surface area contributed by atoms with Gasteiger partial charge >= 0.3 is 0 Å². The van der Waals surface area contributed by atoms with Crippen LogP contribution in [0.1, 0.15) is 20.8 Å². The van der Waals surface area contributed by atoms with E-state index < -0.39 is 0 Å². The number of ether oxygens (including phenoxy) is 1. The van der Waals surface area contributed by atoms with Crippen molar-refractivity contribution in [3.05, 3.63) is 12.7 Å². The number of rotatable bonds is 4. The van der Waals surface area contributed by atoms with Gasteiger partial charge in [0.15, 0.2) is 0 Å². The highest BCUT2D eigenvalue weighted by atomic mass is 16.5. The Bertz CT molecular complexity index is 143. The predicted octanol–water partition coefficient (Wildman–Crippen LogP) is 1.06. The Balaban J connectivity index is 3.59. The minimum atomic E-state index is -0.250. The molecule has 0 saturated heterocycles. The number of carbonyl (C=O) groups excluding carboxylic acids is 1. The molecule has 0 fully saturated rings. The van der Waals surface area contributed by atoms with Gasteiger partial charge in [0.2, 0.25) is 5.91 Å². The summed E-state index contributed by atoms with van der Waals surface area (Å²) in [5.74, 6) is -0.210. The van der Waals surface area contributed by atoms with E-state index in [9.17, 15) is 4.79 Å². The summed E-state index contributed by atoms with van der Waals surface area (Å²) >= 11 is 0. The molecular formula is C8H15NO2. The molecule has 64 valence electrons. The number of amides is 1. The van der Waals surface area contributed by atoms with Crippen LogP contribution in [0.3, 0.4) is 0 Å². The highest BCUT2D eigenvalue weighted by molar-refractivity contribution is 5.86. The van der Waals surface area contributed by atoms with Gasteiger partial charge in [-0.05, 0) is 26.8 Å². The van der Waals surface area contributed by atoms with Gasteiger partial charge in [0.25, 0.3) is 0 Å². The maximum absolute atomic E-state index is 10.7. The van der Waals surface area contributed by atoms with Crippen molar-refractivity contribution in [2.45, 2.75) is 33.1 Å². The average Bonchev–Trinajstić information content (AvgIpc) is 1.85. The molecule has 1 N–H and O–H groups in total. The molecule has 0 aliphatic carbocycles. The molecule has 0 spiro atoms. The molecular weight excluding hydrogens is 142 g/mol. The minimum Gasteiger partial charge on any atom is -0.356 e. The van der Waals surface area contributed by atoms with E-state index in [1.54, 1.807) is 6.92 Å².